The molecule has 2 aliphatic rings. The monoisotopic (exact) mass is 178 g/mol. The van der Waals surface area contributed by atoms with Crippen molar-refractivity contribution in [3.8, 4) is 0 Å². The number of Topliss-reactive ketones (excluding diaryl/α,β-unsaturated/α-hetero) is 1. The highest BCUT2D eigenvalue weighted by Crippen LogP contribution is 2.43. The average Bonchev–Trinajstić information content (AvgIpc) is 2.63. The van der Waals surface area contributed by atoms with Gasteiger partial charge in [-0.25, -0.2) is 0 Å². The van der Waals surface area contributed by atoms with Crippen LogP contribution in [0, 0.1) is 5.41 Å². The molecule has 13 heavy (non-hydrogen) atoms. The lowest BCUT2D eigenvalue weighted by atomic mass is 9.69. The topological polar surface area (TPSA) is 17.1 Å². The number of rotatable bonds is 1. The molecule has 0 bridgehead atoms. The van der Waals surface area contributed by atoms with Gasteiger partial charge in [0.05, 0.1) is 0 Å². The Morgan fingerprint density at radius 2 is 2.08 bits per heavy atom. The summed E-state index contributed by atoms with van der Waals surface area (Å²) in [6.07, 6.45) is 10.2. The smallest absolute Gasteiger partial charge is 0.142 e. The van der Waals surface area contributed by atoms with Gasteiger partial charge < -0.3 is 0 Å². The van der Waals surface area contributed by atoms with E-state index in [9.17, 15) is 4.79 Å². The first-order valence-corrected chi connectivity index (χ1v) is 5.46. The summed E-state index contributed by atoms with van der Waals surface area (Å²) in [4.78, 5) is 11.9. The summed E-state index contributed by atoms with van der Waals surface area (Å²) in [5, 5.41) is 0. The van der Waals surface area contributed by atoms with E-state index in [2.05, 4.69) is 13.0 Å². The average molecular weight is 178 g/mol. The summed E-state index contributed by atoms with van der Waals surface area (Å²) in [5.74, 6) is 0.493. The summed E-state index contributed by atoms with van der Waals surface area (Å²) in [6, 6.07) is 0. The highest BCUT2D eigenvalue weighted by molar-refractivity contribution is 5.88. The molecule has 1 atom stereocenters. The Balaban J connectivity index is 2.21. The van der Waals surface area contributed by atoms with Crippen molar-refractivity contribution in [1.29, 1.82) is 0 Å². The minimum atomic E-state index is -0.0608. The number of allylic oxidation sites excluding steroid dienone is 2. The third kappa shape index (κ3) is 1.45. The molecule has 2 rings (SSSR count). The van der Waals surface area contributed by atoms with Crippen LogP contribution in [-0.4, -0.2) is 5.78 Å². The second-order valence-electron chi connectivity index (χ2n) is 4.58. The van der Waals surface area contributed by atoms with E-state index in [4.69, 9.17) is 0 Å². The van der Waals surface area contributed by atoms with Crippen LogP contribution in [0.25, 0.3) is 0 Å². The Morgan fingerprint density at radius 3 is 2.69 bits per heavy atom. The molecule has 0 aliphatic heterocycles. The zero-order valence-corrected chi connectivity index (χ0v) is 8.44. The predicted molar refractivity (Wildman–Crippen MR) is 53.5 cm³/mol. The molecule has 0 aromatic rings. The van der Waals surface area contributed by atoms with Gasteiger partial charge in [-0.1, -0.05) is 18.1 Å². The second kappa shape index (κ2) is 3.28. The van der Waals surface area contributed by atoms with Gasteiger partial charge in [0.15, 0.2) is 0 Å². The Bertz CT molecular complexity index is 252. The maximum Gasteiger partial charge on any atom is 0.142 e. The lowest BCUT2D eigenvalue weighted by Gasteiger charge is -2.33. The van der Waals surface area contributed by atoms with Gasteiger partial charge in [0, 0.05) is 11.8 Å². The van der Waals surface area contributed by atoms with Crippen LogP contribution >= 0.6 is 0 Å². The van der Waals surface area contributed by atoms with Crippen LogP contribution in [0.4, 0.5) is 0 Å². The van der Waals surface area contributed by atoms with E-state index in [1.54, 1.807) is 0 Å². The summed E-state index contributed by atoms with van der Waals surface area (Å²) in [5.41, 5.74) is 1.38. The molecule has 0 heterocycles. The largest absolute Gasteiger partial charge is 0.299 e. The number of ketones is 1. The van der Waals surface area contributed by atoms with Crippen LogP contribution in [0.1, 0.15) is 51.9 Å². The van der Waals surface area contributed by atoms with Crippen LogP contribution in [0.5, 0.6) is 0 Å². The van der Waals surface area contributed by atoms with E-state index < -0.39 is 0 Å². The van der Waals surface area contributed by atoms with Crippen molar-refractivity contribution in [1.82, 2.24) is 0 Å². The molecule has 0 radical (unpaired) electrons. The zero-order chi connectivity index (χ0) is 9.31. The molecule has 0 saturated heterocycles. The quantitative estimate of drug-likeness (QED) is 0.563. The van der Waals surface area contributed by atoms with Crippen LogP contribution < -0.4 is 0 Å². The van der Waals surface area contributed by atoms with Crippen molar-refractivity contribution in [2.24, 2.45) is 5.41 Å². The molecule has 0 N–H and O–H groups in total. The summed E-state index contributed by atoms with van der Waals surface area (Å²) in [6.45, 7) is 2.16. The SMILES string of the molecule is CC1(C2=CCCC2)CCCCC1=O. The van der Waals surface area contributed by atoms with E-state index in [0.717, 1.165) is 19.3 Å². The van der Waals surface area contributed by atoms with Gasteiger partial charge in [-0.2, -0.15) is 0 Å². The van der Waals surface area contributed by atoms with Gasteiger partial charge >= 0.3 is 0 Å². The first-order chi connectivity index (χ1) is 6.23. The number of carbonyl (C=O) groups is 1. The fourth-order valence-electron chi connectivity index (χ4n) is 2.69. The molecule has 2 aliphatic carbocycles. The first kappa shape index (κ1) is 8.98. The van der Waals surface area contributed by atoms with Crippen molar-refractivity contribution >= 4 is 5.78 Å². The molecular formula is C12H18O. The van der Waals surface area contributed by atoms with Crippen molar-refractivity contribution in [3.05, 3.63) is 11.6 Å². The number of carbonyl (C=O) groups excluding carboxylic acids is 1. The zero-order valence-electron chi connectivity index (χ0n) is 8.44. The first-order valence-electron chi connectivity index (χ1n) is 5.46. The fraction of sp³-hybridized carbons (Fsp3) is 0.750. The van der Waals surface area contributed by atoms with Crippen molar-refractivity contribution in [2.75, 3.05) is 0 Å². The molecule has 1 nitrogen and oxygen atoms in total. The molecule has 1 unspecified atom stereocenters. The minimum absolute atomic E-state index is 0.0608. The lowest BCUT2D eigenvalue weighted by molar-refractivity contribution is -0.128. The standard InChI is InChI=1S/C12H18O/c1-12(10-6-2-3-7-10)9-5-4-8-11(12)13/h6H,2-5,7-9H2,1H3. The Kier molecular flexibility index (Phi) is 2.27. The van der Waals surface area contributed by atoms with Gasteiger partial charge in [-0.15, -0.1) is 0 Å². The molecule has 0 aromatic heterocycles. The van der Waals surface area contributed by atoms with E-state index in [1.165, 1.54) is 31.3 Å². The van der Waals surface area contributed by atoms with Crippen molar-refractivity contribution in [3.63, 3.8) is 0 Å². The van der Waals surface area contributed by atoms with Crippen LogP contribution in [0.3, 0.4) is 0 Å². The summed E-state index contributed by atoms with van der Waals surface area (Å²) in [7, 11) is 0. The second-order valence-corrected chi connectivity index (χ2v) is 4.58. The van der Waals surface area contributed by atoms with Crippen LogP contribution in [-0.2, 0) is 4.79 Å². The van der Waals surface area contributed by atoms with Crippen LogP contribution in [0.2, 0.25) is 0 Å². The third-order valence-electron chi connectivity index (χ3n) is 3.70. The van der Waals surface area contributed by atoms with Gasteiger partial charge in [-0.05, 0) is 39.0 Å². The van der Waals surface area contributed by atoms with Gasteiger partial charge in [0.2, 0.25) is 0 Å². The molecule has 0 amide bonds. The van der Waals surface area contributed by atoms with E-state index in [-0.39, 0.29) is 5.41 Å². The molecule has 1 saturated carbocycles. The van der Waals surface area contributed by atoms with Gasteiger partial charge in [0.1, 0.15) is 5.78 Å². The van der Waals surface area contributed by atoms with Gasteiger partial charge in [-0.3, -0.25) is 4.79 Å². The van der Waals surface area contributed by atoms with E-state index >= 15 is 0 Å². The lowest BCUT2D eigenvalue weighted by Crippen LogP contribution is -2.32. The fourth-order valence-corrected chi connectivity index (χ4v) is 2.69. The van der Waals surface area contributed by atoms with E-state index in [1.807, 2.05) is 0 Å². The maximum absolute atomic E-state index is 11.9. The Morgan fingerprint density at radius 1 is 1.23 bits per heavy atom. The molecule has 1 fully saturated rings. The van der Waals surface area contributed by atoms with Crippen molar-refractivity contribution in [2.45, 2.75) is 51.9 Å². The Labute approximate surface area is 80.2 Å². The molecular weight excluding hydrogens is 160 g/mol. The third-order valence-corrected chi connectivity index (χ3v) is 3.70. The summed E-state index contributed by atoms with van der Waals surface area (Å²) >= 11 is 0. The molecule has 1 heteroatoms. The van der Waals surface area contributed by atoms with E-state index in [0.29, 0.717) is 5.78 Å². The normalized spacial score (nSPS) is 34.8. The predicted octanol–water partition coefficient (Wildman–Crippen LogP) is 3.25. The van der Waals surface area contributed by atoms with Crippen LogP contribution in [0.15, 0.2) is 11.6 Å². The Hall–Kier alpha value is -0.590. The summed E-state index contributed by atoms with van der Waals surface area (Å²) < 4.78 is 0. The minimum Gasteiger partial charge on any atom is -0.299 e. The van der Waals surface area contributed by atoms with Gasteiger partial charge in [0.25, 0.3) is 0 Å². The number of hydrogen-bond donors (Lipinski definition) is 0. The molecule has 72 valence electrons. The molecule has 0 spiro atoms. The molecule has 0 aromatic carbocycles. The maximum atomic E-state index is 11.9. The number of hydrogen-bond acceptors (Lipinski definition) is 1. The van der Waals surface area contributed by atoms with Crippen molar-refractivity contribution < 1.29 is 4.79 Å². The highest BCUT2D eigenvalue weighted by Gasteiger charge is 2.38. The highest BCUT2D eigenvalue weighted by atomic mass is 16.1.